The maximum atomic E-state index is 4.93. The van der Waals surface area contributed by atoms with E-state index in [9.17, 15) is 0 Å². The number of aryl methyl sites for hydroxylation is 2. The molecule has 0 unspecified atom stereocenters. The standard InChI is InChI=1S/C23H22N2/c1-3-10-19(11-4-1)14-9-16-22-21-15-7-8-17-23(21)25(24-22)18-20-12-5-2-6-13-20/h1-8,10-13,15,17H,9,14,16,18H2. The summed E-state index contributed by atoms with van der Waals surface area (Å²) in [5.74, 6) is 0. The van der Waals surface area contributed by atoms with Gasteiger partial charge in [0.25, 0.3) is 0 Å². The zero-order valence-electron chi connectivity index (χ0n) is 14.3. The topological polar surface area (TPSA) is 17.8 Å². The number of fused-ring (bicyclic) bond motifs is 1. The van der Waals surface area contributed by atoms with E-state index in [0.29, 0.717) is 0 Å². The predicted molar refractivity (Wildman–Crippen MR) is 104 cm³/mol. The Labute approximate surface area is 148 Å². The molecule has 0 aliphatic heterocycles. The van der Waals surface area contributed by atoms with Gasteiger partial charge in [0.05, 0.1) is 17.8 Å². The van der Waals surface area contributed by atoms with Crippen LogP contribution in [0.25, 0.3) is 10.9 Å². The van der Waals surface area contributed by atoms with Crippen LogP contribution in [0.15, 0.2) is 84.9 Å². The van der Waals surface area contributed by atoms with Gasteiger partial charge in [-0.3, -0.25) is 4.68 Å². The molecule has 0 saturated carbocycles. The fourth-order valence-corrected chi connectivity index (χ4v) is 3.36. The Morgan fingerprint density at radius 3 is 2.04 bits per heavy atom. The van der Waals surface area contributed by atoms with Crippen molar-refractivity contribution in [2.75, 3.05) is 0 Å². The first-order chi connectivity index (χ1) is 12.4. The summed E-state index contributed by atoms with van der Waals surface area (Å²) in [6.07, 6.45) is 3.23. The summed E-state index contributed by atoms with van der Waals surface area (Å²) >= 11 is 0. The van der Waals surface area contributed by atoms with Gasteiger partial charge in [0.1, 0.15) is 0 Å². The van der Waals surface area contributed by atoms with Crippen molar-refractivity contribution in [3.63, 3.8) is 0 Å². The zero-order chi connectivity index (χ0) is 16.9. The maximum absolute atomic E-state index is 4.93. The molecule has 0 fully saturated rings. The van der Waals surface area contributed by atoms with Crippen LogP contribution in [0, 0.1) is 0 Å². The number of benzene rings is 3. The Balaban J connectivity index is 1.54. The molecule has 4 rings (SSSR count). The molecule has 2 nitrogen and oxygen atoms in total. The molecule has 0 saturated heterocycles. The Morgan fingerprint density at radius 2 is 1.28 bits per heavy atom. The zero-order valence-corrected chi connectivity index (χ0v) is 14.3. The quantitative estimate of drug-likeness (QED) is 0.472. The van der Waals surface area contributed by atoms with Gasteiger partial charge in [0.15, 0.2) is 0 Å². The normalized spacial score (nSPS) is 11.0. The second kappa shape index (κ2) is 7.35. The lowest BCUT2D eigenvalue weighted by Gasteiger charge is -2.03. The van der Waals surface area contributed by atoms with Gasteiger partial charge in [-0.2, -0.15) is 5.10 Å². The number of hydrogen-bond acceptors (Lipinski definition) is 1. The predicted octanol–water partition coefficient (Wildman–Crippen LogP) is 5.26. The van der Waals surface area contributed by atoms with E-state index in [-0.39, 0.29) is 0 Å². The fourth-order valence-electron chi connectivity index (χ4n) is 3.36. The molecule has 1 aromatic heterocycles. The lowest BCUT2D eigenvalue weighted by molar-refractivity contribution is 0.682. The van der Waals surface area contributed by atoms with E-state index in [1.165, 1.54) is 27.7 Å². The van der Waals surface area contributed by atoms with Gasteiger partial charge in [-0.15, -0.1) is 0 Å². The smallest absolute Gasteiger partial charge is 0.0703 e. The maximum Gasteiger partial charge on any atom is 0.0703 e. The lowest BCUT2D eigenvalue weighted by atomic mass is 10.1. The molecule has 0 atom stereocenters. The molecule has 0 spiro atoms. The highest BCUT2D eigenvalue weighted by atomic mass is 15.3. The molecule has 124 valence electrons. The molecule has 0 bridgehead atoms. The largest absolute Gasteiger partial charge is 0.260 e. The van der Waals surface area contributed by atoms with Gasteiger partial charge in [-0.25, -0.2) is 0 Å². The van der Waals surface area contributed by atoms with Crippen molar-refractivity contribution in [1.82, 2.24) is 9.78 Å². The van der Waals surface area contributed by atoms with Crippen LogP contribution in [-0.4, -0.2) is 9.78 Å². The van der Waals surface area contributed by atoms with Crippen molar-refractivity contribution in [3.05, 3.63) is 102 Å². The van der Waals surface area contributed by atoms with Crippen LogP contribution in [0.4, 0.5) is 0 Å². The van der Waals surface area contributed by atoms with Crippen molar-refractivity contribution < 1.29 is 0 Å². The first kappa shape index (κ1) is 15.6. The molecular weight excluding hydrogens is 304 g/mol. The van der Waals surface area contributed by atoms with Crippen molar-refractivity contribution in [2.45, 2.75) is 25.8 Å². The van der Waals surface area contributed by atoms with Gasteiger partial charge >= 0.3 is 0 Å². The minimum Gasteiger partial charge on any atom is -0.260 e. The molecule has 0 amide bonds. The van der Waals surface area contributed by atoms with Gasteiger partial charge < -0.3 is 0 Å². The lowest BCUT2D eigenvalue weighted by Crippen LogP contribution is -2.02. The molecule has 4 aromatic rings. The molecule has 2 heteroatoms. The third kappa shape index (κ3) is 3.63. The average molecular weight is 326 g/mol. The number of rotatable bonds is 6. The second-order valence-corrected chi connectivity index (χ2v) is 6.45. The van der Waals surface area contributed by atoms with Crippen LogP contribution < -0.4 is 0 Å². The third-order valence-electron chi connectivity index (χ3n) is 4.63. The highest BCUT2D eigenvalue weighted by molar-refractivity contribution is 5.82. The summed E-state index contributed by atoms with van der Waals surface area (Å²) in [5, 5.41) is 6.22. The second-order valence-electron chi connectivity index (χ2n) is 6.45. The Bertz CT molecular complexity index is 940. The highest BCUT2D eigenvalue weighted by Gasteiger charge is 2.10. The SMILES string of the molecule is c1ccc(CCCc2nn(Cc3ccccc3)c3ccccc23)cc1. The highest BCUT2D eigenvalue weighted by Crippen LogP contribution is 2.21. The minimum atomic E-state index is 0.819. The van der Waals surface area contributed by atoms with Crippen molar-refractivity contribution >= 4 is 10.9 Å². The Kier molecular flexibility index (Phi) is 4.60. The molecule has 1 heterocycles. The number of hydrogen-bond donors (Lipinski definition) is 0. The number of nitrogens with zero attached hydrogens (tertiary/aromatic N) is 2. The molecule has 3 aromatic carbocycles. The van der Waals surface area contributed by atoms with Gasteiger partial charge in [0, 0.05) is 5.39 Å². The molecule has 25 heavy (non-hydrogen) atoms. The number of para-hydroxylation sites is 1. The van der Waals surface area contributed by atoms with Crippen LogP contribution in [0.2, 0.25) is 0 Å². The first-order valence-corrected chi connectivity index (χ1v) is 8.92. The van der Waals surface area contributed by atoms with E-state index >= 15 is 0 Å². The first-order valence-electron chi connectivity index (χ1n) is 8.92. The fraction of sp³-hybridized carbons (Fsp3) is 0.174. The van der Waals surface area contributed by atoms with Crippen LogP contribution in [0.1, 0.15) is 23.2 Å². The minimum absolute atomic E-state index is 0.819. The Morgan fingerprint density at radius 1 is 0.640 bits per heavy atom. The molecule has 0 aliphatic carbocycles. The van der Waals surface area contributed by atoms with Crippen LogP contribution in [-0.2, 0) is 19.4 Å². The van der Waals surface area contributed by atoms with Crippen molar-refractivity contribution in [2.24, 2.45) is 0 Å². The van der Waals surface area contributed by atoms with E-state index in [1.54, 1.807) is 0 Å². The van der Waals surface area contributed by atoms with Crippen LogP contribution >= 0.6 is 0 Å². The molecule has 0 radical (unpaired) electrons. The van der Waals surface area contributed by atoms with Crippen molar-refractivity contribution in [1.29, 1.82) is 0 Å². The van der Waals surface area contributed by atoms with E-state index in [2.05, 4.69) is 89.6 Å². The van der Waals surface area contributed by atoms with Crippen molar-refractivity contribution in [3.8, 4) is 0 Å². The van der Waals surface area contributed by atoms with E-state index < -0.39 is 0 Å². The monoisotopic (exact) mass is 326 g/mol. The van der Waals surface area contributed by atoms with Gasteiger partial charge in [-0.05, 0) is 36.5 Å². The van der Waals surface area contributed by atoms with E-state index in [1.807, 2.05) is 0 Å². The number of aromatic nitrogens is 2. The summed E-state index contributed by atoms with van der Waals surface area (Å²) in [6, 6.07) is 29.8. The van der Waals surface area contributed by atoms with Crippen LogP contribution in [0.3, 0.4) is 0 Å². The molecular formula is C23H22N2. The molecule has 0 N–H and O–H groups in total. The summed E-state index contributed by atoms with van der Waals surface area (Å²) in [7, 11) is 0. The Hall–Kier alpha value is -2.87. The van der Waals surface area contributed by atoms with E-state index in [0.717, 1.165) is 25.8 Å². The van der Waals surface area contributed by atoms with Gasteiger partial charge in [-0.1, -0.05) is 78.9 Å². The summed E-state index contributed by atoms with van der Waals surface area (Å²) in [5.41, 5.74) is 5.12. The summed E-state index contributed by atoms with van der Waals surface area (Å²) < 4.78 is 2.14. The summed E-state index contributed by atoms with van der Waals surface area (Å²) in [4.78, 5) is 0. The van der Waals surface area contributed by atoms with E-state index in [4.69, 9.17) is 5.10 Å². The third-order valence-corrected chi connectivity index (χ3v) is 4.63. The molecule has 0 aliphatic rings. The average Bonchev–Trinajstić information content (AvgIpc) is 3.01. The summed E-state index contributed by atoms with van der Waals surface area (Å²) in [6.45, 7) is 0.819. The van der Waals surface area contributed by atoms with Crippen LogP contribution in [0.5, 0.6) is 0 Å². The van der Waals surface area contributed by atoms with Gasteiger partial charge in [0.2, 0.25) is 0 Å².